The number of carboxylic acid groups (broad SMARTS) is 1. The number of ether oxygens (including phenoxy) is 1. The first-order valence-corrected chi connectivity index (χ1v) is 21.7. The number of unbranched alkanes of at least 4 members (excludes halogenated alkanes) is 21. The Kier molecular flexibility index (Phi) is 37.4. The number of hydrogen-bond donors (Lipinski definition) is 3. The molecule has 0 aliphatic rings. The summed E-state index contributed by atoms with van der Waals surface area (Å²) in [7, 11) is 0. The van der Waals surface area contributed by atoms with E-state index in [1.165, 1.54) is 109 Å². The van der Waals surface area contributed by atoms with Crippen molar-refractivity contribution in [1.29, 1.82) is 0 Å². The van der Waals surface area contributed by atoms with E-state index >= 15 is 0 Å². The minimum absolute atomic E-state index is 0.0185. The second-order valence-electron chi connectivity index (χ2n) is 14.7. The van der Waals surface area contributed by atoms with Gasteiger partial charge in [0.25, 0.3) is 0 Å². The van der Waals surface area contributed by atoms with Gasteiger partial charge in [0.2, 0.25) is 5.91 Å². The predicted octanol–water partition coefficient (Wildman–Crippen LogP) is 12.1. The molecular formula is C44H82N2O5. The fraction of sp³-hybridized carbons (Fsp3) is 0.841. The topological polar surface area (TPSA) is 119 Å². The molecule has 0 saturated carbocycles. The van der Waals surface area contributed by atoms with Gasteiger partial charge in [-0.25, -0.2) is 4.79 Å². The number of allylic oxidation sites excluding steroid dienone is 4. The van der Waals surface area contributed by atoms with Crippen molar-refractivity contribution in [1.82, 2.24) is 5.32 Å². The minimum atomic E-state index is -1.01. The molecule has 7 heteroatoms. The molecule has 0 aliphatic carbocycles. The number of carbonyl (C=O) groups is 3. The highest BCUT2D eigenvalue weighted by Gasteiger charge is 2.19. The zero-order chi connectivity index (χ0) is 37.5. The number of carboxylic acids is 1. The summed E-state index contributed by atoms with van der Waals surface area (Å²) in [5.74, 6) is -1.25. The van der Waals surface area contributed by atoms with E-state index in [1.54, 1.807) is 0 Å². The summed E-state index contributed by atoms with van der Waals surface area (Å²) < 4.78 is 6.02. The van der Waals surface area contributed by atoms with Crippen LogP contribution in [-0.2, 0) is 19.1 Å². The Morgan fingerprint density at radius 3 is 1.53 bits per heavy atom. The Balaban J connectivity index is 4.38. The molecule has 2 atom stereocenters. The van der Waals surface area contributed by atoms with Crippen LogP contribution in [0.2, 0.25) is 0 Å². The molecule has 0 heterocycles. The standard InChI is InChI=1S/C44H82N2O5/c1-3-5-7-9-11-13-15-17-18-20-22-25-29-34-40(51-43(48)38-32-28-23-21-19-16-14-12-10-8-6-4-2)35-30-26-24-27-31-37-42(47)46-41(44(49)50)36-33-39-45/h12,14,20,22,40-41H,3-11,13,15-19,21,23-39,45H2,1-2H3,(H,46,47)(H,49,50)/b14-12-,22-20-. The average Bonchev–Trinajstić information content (AvgIpc) is 3.11. The first kappa shape index (κ1) is 48.9. The maximum atomic E-state index is 12.8. The average molecular weight is 719 g/mol. The number of aliphatic carboxylic acids is 1. The number of carbonyl (C=O) groups excluding carboxylic acids is 2. The number of nitrogens with one attached hydrogen (secondary N) is 1. The third-order valence-corrected chi connectivity index (χ3v) is 9.74. The van der Waals surface area contributed by atoms with Gasteiger partial charge in [0.05, 0.1) is 0 Å². The van der Waals surface area contributed by atoms with Crippen molar-refractivity contribution in [2.24, 2.45) is 5.73 Å². The lowest BCUT2D eigenvalue weighted by Gasteiger charge is -2.18. The van der Waals surface area contributed by atoms with Crippen LogP contribution in [0.25, 0.3) is 0 Å². The summed E-state index contributed by atoms with van der Waals surface area (Å²) >= 11 is 0. The summed E-state index contributed by atoms with van der Waals surface area (Å²) in [4.78, 5) is 36.3. The molecule has 0 fully saturated rings. The van der Waals surface area contributed by atoms with Crippen LogP contribution in [0.1, 0.15) is 219 Å². The first-order valence-electron chi connectivity index (χ1n) is 21.7. The van der Waals surface area contributed by atoms with Crippen molar-refractivity contribution in [3.05, 3.63) is 24.3 Å². The van der Waals surface area contributed by atoms with Gasteiger partial charge in [-0.15, -0.1) is 0 Å². The van der Waals surface area contributed by atoms with Gasteiger partial charge in [-0.2, -0.15) is 0 Å². The van der Waals surface area contributed by atoms with E-state index in [2.05, 4.69) is 43.5 Å². The molecule has 298 valence electrons. The van der Waals surface area contributed by atoms with E-state index in [-0.39, 0.29) is 18.0 Å². The van der Waals surface area contributed by atoms with Crippen molar-refractivity contribution in [3.8, 4) is 0 Å². The SMILES string of the molecule is CCCCC/C=C\CCCCCCCC(=O)OC(CCC/C=C\CCCCCCCCCC)CCCCCCCC(=O)NC(CCCN)C(=O)O. The van der Waals surface area contributed by atoms with Crippen molar-refractivity contribution in [2.75, 3.05) is 6.54 Å². The van der Waals surface area contributed by atoms with E-state index in [4.69, 9.17) is 10.5 Å². The molecule has 0 radical (unpaired) electrons. The molecule has 0 aliphatic heterocycles. The van der Waals surface area contributed by atoms with Crippen molar-refractivity contribution < 1.29 is 24.2 Å². The lowest BCUT2D eigenvalue weighted by molar-refractivity contribution is -0.150. The van der Waals surface area contributed by atoms with E-state index in [0.29, 0.717) is 32.2 Å². The minimum Gasteiger partial charge on any atom is -0.480 e. The molecule has 7 nitrogen and oxygen atoms in total. The van der Waals surface area contributed by atoms with Gasteiger partial charge in [-0.1, -0.05) is 134 Å². The third-order valence-electron chi connectivity index (χ3n) is 9.74. The Hall–Kier alpha value is -2.15. The Bertz CT molecular complexity index is 858. The van der Waals surface area contributed by atoms with Crippen LogP contribution in [0.5, 0.6) is 0 Å². The van der Waals surface area contributed by atoms with Gasteiger partial charge in [-0.3, -0.25) is 9.59 Å². The Morgan fingerprint density at radius 2 is 0.980 bits per heavy atom. The van der Waals surface area contributed by atoms with Crippen LogP contribution < -0.4 is 11.1 Å². The molecule has 4 N–H and O–H groups in total. The maximum Gasteiger partial charge on any atom is 0.326 e. The van der Waals surface area contributed by atoms with Gasteiger partial charge >= 0.3 is 11.9 Å². The Labute approximate surface area is 314 Å². The lowest BCUT2D eigenvalue weighted by Crippen LogP contribution is -2.40. The Morgan fingerprint density at radius 1 is 0.549 bits per heavy atom. The summed E-state index contributed by atoms with van der Waals surface area (Å²) in [5.41, 5.74) is 5.48. The number of nitrogens with two attached hydrogens (primary N) is 1. The van der Waals surface area contributed by atoms with Crippen LogP contribution in [0.15, 0.2) is 24.3 Å². The van der Waals surface area contributed by atoms with E-state index in [9.17, 15) is 19.5 Å². The van der Waals surface area contributed by atoms with Gasteiger partial charge < -0.3 is 20.9 Å². The molecule has 0 aromatic heterocycles. The zero-order valence-corrected chi connectivity index (χ0v) is 33.5. The fourth-order valence-electron chi connectivity index (χ4n) is 6.45. The molecule has 0 aromatic rings. The summed E-state index contributed by atoms with van der Waals surface area (Å²) in [6.07, 6.45) is 43.6. The smallest absolute Gasteiger partial charge is 0.326 e. The number of esters is 1. The van der Waals surface area contributed by atoms with Gasteiger partial charge in [0.15, 0.2) is 0 Å². The van der Waals surface area contributed by atoms with E-state index in [1.807, 2.05) is 0 Å². The fourth-order valence-corrected chi connectivity index (χ4v) is 6.45. The lowest BCUT2D eigenvalue weighted by atomic mass is 10.0. The third kappa shape index (κ3) is 36.0. The van der Waals surface area contributed by atoms with Crippen LogP contribution in [0.4, 0.5) is 0 Å². The number of rotatable bonds is 39. The largest absolute Gasteiger partial charge is 0.480 e. The van der Waals surface area contributed by atoms with Gasteiger partial charge in [0, 0.05) is 12.8 Å². The molecule has 0 aromatic carbocycles. The first-order chi connectivity index (χ1) is 24.9. The van der Waals surface area contributed by atoms with E-state index in [0.717, 1.165) is 70.6 Å². The summed E-state index contributed by atoms with van der Waals surface area (Å²) in [5, 5.41) is 11.9. The van der Waals surface area contributed by atoms with Crippen molar-refractivity contribution in [3.63, 3.8) is 0 Å². The van der Waals surface area contributed by atoms with Crippen molar-refractivity contribution >= 4 is 17.8 Å². The molecular weight excluding hydrogens is 636 g/mol. The quantitative estimate of drug-likeness (QED) is 0.0331. The zero-order valence-electron chi connectivity index (χ0n) is 33.5. The molecule has 0 bridgehead atoms. The highest BCUT2D eigenvalue weighted by atomic mass is 16.5. The molecule has 2 unspecified atom stereocenters. The van der Waals surface area contributed by atoms with Crippen LogP contribution in [0, 0.1) is 0 Å². The normalized spacial score (nSPS) is 12.8. The van der Waals surface area contributed by atoms with Gasteiger partial charge in [-0.05, 0) is 103 Å². The van der Waals surface area contributed by atoms with Crippen LogP contribution in [0.3, 0.4) is 0 Å². The molecule has 0 spiro atoms. The second-order valence-corrected chi connectivity index (χ2v) is 14.7. The van der Waals surface area contributed by atoms with Crippen LogP contribution in [-0.4, -0.2) is 41.6 Å². The molecule has 1 amide bonds. The number of hydrogen-bond acceptors (Lipinski definition) is 5. The highest BCUT2D eigenvalue weighted by Crippen LogP contribution is 2.18. The predicted molar refractivity (Wildman–Crippen MR) is 216 cm³/mol. The summed E-state index contributed by atoms with van der Waals surface area (Å²) in [6, 6.07) is -0.858. The number of amides is 1. The summed E-state index contributed by atoms with van der Waals surface area (Å²) in [6.45, 7) is 4.92. The monoisotopic (exact) mass is 719 g/mol. The van der Waals surface area contributed by atoms with Gasteiger partial charge in [0.1, 0.15) is 12.1 Å². The molecule has 0 rings (SSSR count). The molecule has 0 saturated heterocycles. The van der Waals surface area contributed by atoms with Crippen LogP contribution >= 0.6 is 0 Å². The molecule has 51 heavy (non-hydrogen) atoms. The highest BCUT2D eigenvalue weighted by molar-refractivity contribution is 5.83. The van der Waals surface area contributed by atoms with Crippen molar-refractivity contribution in [2.45, 2.75) is 231 Å². The maximum absolute atomic E-state index is 12.8. The van der Waals surface area contributed by atoms with E-state index < -0.39 is 12.0 Å². The second kappa shape index (κ2) is 39.1.